The van der Waals surface area contributed by atoms with Gasteiger partial charge in [0.25, 0.3) is 5.91 Å². The van der Waals surface area contributed by atoms with Gasteiger partial charge < -0.3 is 5.32 Å². The molecular formula is C13H12FN3O. The predicted octanol–water partition coefficient (Wildman–Crippen LogP) is 1.85. The van der Waals surface area contributed by atoms with Crippen LogP contribution < -0.4 is 5.32 Å². The Bertz CT molecular complexity index is 557. The fourth-order valence-corrected chi connectivity index (χ4v) is 1.52. The summed E-state index contributed by atoms with van der Waals surface area (Å²) in [6.07, 6.45) is 1.55. The van der Waals surface area contributed by atoms with Crippen LogP contribution in [-0.2, 0) is 6.54 Å². The maximum absolute atomic E-state index is 13.7. The second kappa shape index (κ2) is 5.35. The number of nitrogens with one attached hydrogen (secondary N) is 1. The molecule has 5 heteroatoms. The number of rotatable bonds is 3. The highest BCUT2D eigenvalue weighted by Crippen LogP contribution is 2.11. The first-order valence-electron chi connectivity index (χ1n) is 5.48. The molecule has 0 saturated heterocycles. The normalized spacial score (nSPS) is 10.1. The van der Waals surface area contributed by atoms with E-state index in [1.165, 1.54) is 6.07 Å². The van der Waals surface area contributed by atoms with Crippen molar-refractivity contribution in [3.8, 4) is 0 Å². The Labute approximate surface area is 104 Å². The summed E-state index contributed by atoms with van der Waals surface area (Å²) in [5.41, 5.74) is 1.11. The summed E-state index contributed by atoms with van der Waals surface area (Å²) in [6.45, 7) is 1.84. The Hall–Kier alpha value is -2.30. The van der Waals surface area contributed by atoms with Crippen LogP contribution in [0.3, 0.4) is 0 Å². The van der Waals surface area contributed by atoms with Crippen molar-refractivity contribution in [3.63, 3.8) is 0 Å². The molecule has 0 spiro atoms. The van der Waals surface area contributed by atoms with E-state index in [9.17, 15) is 9.18 Å². The lowest BCUT2D eigenvalue weighted by Crippen LogP contribution is -2.24. The Balaban J connectivity index is 2.07. The molecule has 0 bridgehead atoms. The van der Waals surface area contributed by atoms with E-state index in [1.807, 2.05) is 0 Å². The Morgan fingerprint density at radius 1 is 1.33 bits per heavy atom. The van der Waals surface area contributed by atoms with Gasteiger partial charge in [-0.1, -0.05) is 12.1 Å². The second-order valence-electron chi connectivity index (χ2n) is 3.83. The molecule has 0 unspecified atom stereocenters. The molecule has 0 atom stereocenters. The monoisotopic (exact) mass is 245 g/mol. The molecule has 0 aliphatic heterocycles. The third kappa shape index (κ3) is 2.68. The van der Waals surface area contributed by atoms with Gasteiger partial charge >= 0.3 is 0 Å². The fraction of sp³-hybridized carbons (Fsp3) is 0.154. The average Bonchev–Trinajstić information content (AvgIpc) is 2.40. The molecule has 0 radical (unpaired) electrons. The van der Waals surface area contributed by atoms with Crippen molar-refractivity contribution in [3.05, 3.63) is 59.2 Å². The number of aryl methyl sites for hydroxylation is 1. The summed E-state index contributed by atoms with van der Waals surface area (Å²) in [5, 5.41) is 10.1. The molecule has 0 fully saturated rings. The van der Waals surface area contributed by atoms with Crippen molar-refractivity contribution in [2.24, 2.45) is 0 Å². The summed E-state index contributed by atoms with van der Waals surface area (Å²) >= 11 is 0. The minimum atomic E-state index is -0.492. The van der Waals surface area contributed by atoms with Crippen LogP contribution in [-0.4, -0.2) is 16.1 Å². The lowest BCUT2D eigenvalue weighted by atomic mass is 10.1. The van der Waals surface area contributed by atoms with Crippen LogP contribution >= 0.6 is 0 Å². The number of aromatic nitrogens is 2. The van der Waals surface area contributed by atoms with Gasteiger partial charge in [0.15, 0.2) is 0 Å². The first-order chi connectivity index (χ1) is 8.68. The number of carbonyl (C=O) groups is 1. The van der Waals surface area contributed by atoms with E-state index < -0.39 is 11.7 Å². The summed E-state index contributed by atoms with van der Waals surface area (Å²) in [5.74, 6) is -0.948. The van der Waals surface area contributed by atoms with E-state index in [-0.39, 0.29) is 12.1 Å². The number of carbonyl (C=O) groups excluding carboxylic acids is 1. The van der Waals surface area contributed by atoms with Gasteiger partial charge in [0.05, 0.1) is 17.8 Å². The first-order valence-corrected chi connectivity index (χ1v) is 5.48. The van der Waals surface area contributed by atoms with Crippen molar-refractivity contribution in [2.75, 3.05) is 0 Å². The molecule has 0 aliphatic rings. The summed E-state index contributed by atoms with van der Waals surface area (Å²) in [7, 11) is 0. The third-order valence-electron chi connectivity index (χ3n) is 2.49. The van der Waals surface area contributed by atoms with E-state index in [2.05, 4.69) is 15.5 Å². The molecule has 1 aromatic heterocycles. The van der Waals surface area contributed by atoms with Gasteiger partial charge in [0, 0.05) is 6.20 Å². The average molecular weight is 245 g/mol. The highest BCUT2D eigenvalue weighted by atomic mass is 19.1. The van der Waals surface area contributed by atoms with Crippen LogP contribution in [0, 0.1) is 12.7 Å². The Morgan fingerprint density at radius 2 is 2.17 bits per heavy atom. The first kappa shape index (κ1) is 12.2. The number of amides is 1. The van der Waals surface area contributed by atoms with Crippen LogP contribution in [0.1, 0.15) is 21.6 Å². The minimum absolute atomic E-state index is 0.0406. The standard InChI is InChI=1S/C13H12FN3O/c1-9-4-2-6-11(12(9)14)13(18)15-8-10-5-3-7-16-17-10/h2-7H,8H2,1H3,(H,15,18). The summed E-state index contributed by atoms with van der Waals surface area (Å²) in [4.78, 5) is 11.8. The van der Waals surface area contributed by atoms with Gasteiger partial charge in [-0.25, -0.2) is 4.39 Å². The quantitative estimate of drug-likeness (QED) is 0.897. The van der Waals surface area contributed by atoms with E-state index in [1.54, 1.807) is 37.4 Å². The lowest BCUT2D eigenvalue weighted by molar-refractivity contribution is 0.0946. The Morgan fingerprint density at radius 3 is 2.89 bits per heavy atom. The van der Waals surface area contributed by atoms with Gasteiger partial charge in [0.2, 0.25) is 0 Å². The molecule has 0 saturated carbocycles. The van der Waals surface area contributed by atoms with E-state index in [4.69, 9.17) is 0 Å². The van der Waals surface area contributed by atoms with Crippen molar-refractivity contribution < 1.29 is 9.18 Å². The van der Waals surface area contributed by atoms with Crippen molar-refractivity contribution in [2.45, 2.75) is 13.5 Å². The van der Waals surface area contributed by atoms with E-state index >= 15 is 0 Å². The summed E-state index contributed by atoms with van der Waals surface area (Å²) in [6, 6.07) is 8.18. The molecule has 1 amide bonds. The maximum Gasteiger partial charge on any atom is 0.254 e. The second-order valence-corrected chi connectivity index (χ2v) is 3.83. The SMILES string of the molecule is Cc1cccc(C(=O)NCc2cccnn2)c1F. The molecular weight excluding hydrogens is 233 g/mol. The molecule has 1 aromatic carbocycles. The molecule has 0 aliphatic carbocycles. The highest BCUT2D eigenvalue weighted by Gasteiger charge is 2.12. The van der Waals surface area contributed by atoms with Crippen molar-refractivity contribution in [1.82, 2.24) is 15.5 Å². The molecule has 2 aromatic rings. The molecule has 1 N–H and O–H groups in total. The van der Waals surface area contributed by atoms with Crippen LogP contribution in [0.25, 0.3) is 0 Å². The zero-order valence-electron chi connectivity index (χ0n) is 9.85. The van der Waals surface area contributed by atoms with Gasteiger partial charge in [-0.15, -0.1) is 0 Å². The number of halogens is 1. The molecule has 18 heavy (non-hydrogen) atoms. The minimum Gasteiger partial charge on any atom is -0.346 e. The van der Waals surface area contributed by atoms with Crippen molar-refractivity contribution >= 4 is 5.91 Å². The van der Waals surface area contributed by atoms with Gasteiger partial charge in [0.1, 0.15) is 5.82 Å². The topological polar surface area (TPSA) is 54.9 Å². The van der Waals surface area contributed by atoms with E-state index in [0.29, 0.717) is 11.3 Å². The molecule has 2 rings (SSSR count). The number of hydrogen-bond donors (Lipinski definition) is 1. The van der Waals surface area contributed by atoms with Gasteiger partial charge in [-0.05, 0) is 30.7 Å². The Kier molecular flexibility index (Phi) is 3.62. The fourth-order valence-electron chi connectivity index (χ4n) is 1.52. The number of nitrogens with zero attached hydrogens (tertiary/aromatic N) is 2. The molecule has 4 nitrogen and oxygen atoms in total. The largest absolute Gasteiger partial charge is 0.346 e. The molecule has 1 heterocycles. The van der Waals surface area contributed by atoms with Gasteiger partial charge in [-0.2, -0.15) is 10.2 Å². The number of benzene rings is 1. The molecule has 92 valence electrons. The van der Waals surface area contributed by atoms with Gasteiger partial charge in [-0.3, -0.25) is 4.79 Å². The van der Waals surface area contributed by atoms with Crippen LogP contribution in [0.2, 0.25) is 0 Å². The van der Waals surface area contributed by atoms with Crippen LogP contribution in [0.4, 0.5) is 4.39 Å². The zero-order chi connectivity index (χ0) is 13.0. The number of hydrogen-bond acceptors (Lipinski definition) is 3. The summed E-state index contributed by atoms with van der Waals surface area (Å²) < 4.78 is 13.7. The highest BCUT2D eigenvalue weighted by molar-refractivity contribution is 5.94. The maximum atomic E-state index is 13.7. The van der Waals surface area contributed by atoms with Crippen molar-refractivity contribution in [1.29, 1.82) is 0 Å². The third-order valence-corrected chi connectivity index (χ3v) is 2.49. The lowest BCUT2D eigenvalue weighted by Gasteiger charge is -2.06. The predicted molar refractivity (Wildman–Crippen MR) is 64.3 cm³/mol. The van der Waals surface area contributed by atoms with Crippen LogP contribution in [0.5, 0.6) is 0 Å². The van der Waals surface area contributed by atoms with Crippen LogP contribution in [0.15, 0.2) is 36.5 Å². The smallest absolute Gasteiger partial charge is 0.254 e. The zero-order valence-corrected chi connectivity index (χ0v) is 9.85. The van der Waals surface area contributed by atoms with E-state index in [0.717, 1.165) is 0 Å².